The summed E-state index contributed by atoms with van der Waals surface area (Å²) in [5, 5.41) is 3.26. The van der Waals surface area contributed by atoms with Crippen LogP contribution in [-0.2, 0) is 0 Å². The Morgan fingerprint density at radius 2 is 1.95 bits per heavy atom. The second-order valence-corrected chi connectivity index (χ2v) is 6.64. The quantitative estimate of drug-likeness (QED) is 0.891. The minimum absolute atomic E-state index is 0.0560. The molecule has 1 aromatic rings. The molecule has 0 bridgehead atoms. The molecule has 2 unspecified atom stereocenters. The number of hydrogen-bond acceptors (Lipinski definition) is 2. The molecule has 2 nitrogen and oxygen atoms in total. The van der Waals surface area contributed by atoms with Crippen LogP contribution < -0.4 is 10.2 Å². The zero-order valence-electron chi connectivity index (χ0n) is 13.2. The smallest absolute Gasteiger partial charge is 0.146 e. The van der Waals surface area contributed by atoms with Crippen molar-refractivity contribution in [2.75, 3.05) is 18.5 Å². The molecule has 1 N–H and O–H groups in total. The molecular formula is C18H27FN2. The Kier molecular flexibility index (Phi) is 4.48. The van der Waals surface area contributed by atoms with Crippen LogP contribution in [0.3, 0.4) is 0 Å². The Bertz CT molecular complexity index is 482. The lowest BCUT2D eigenvalue weighted by Gasteiger charge is -2.34. The first-order valence-corrected chi connectivity index (χ1v) is 8.44. The third kappa shape index (κ3) is 2.80. The van der Waals surface area contributed by atoms with Crippen LogP contribution in [0.5, 0.6) is 0 Å². The average Bonchev–Trinajstić information content (AvgIpc) is 3.16. The van der Waals surface area contributed by atoms with Crippen molar-refractivity contribution in [2.45, 2.75) is 57.5 Å². The van der Waals surface area contributed by atoms with E-state index in [4.69, 9.17) is 0 Å². The van der Waals surface area contributed by atoms with Crippen LogP contribution in [0.25, 0.3) is 0 Å². The topological polar surface area (TPSA) is 15.3 Å². The Labute approximate surface area is 127 Å². The molecule has 0 radical (unpaired) electrons. The van der Waals surface area contributed by atoms with E-state index < -0.39 is 0 Å². The number of anilines is 1. The van der Waals surface area contributed by atoms with Crippen molar-refractivity contribution in [2.24, 2.45) is 5.92 Å². The molecule has 1 saturated carbocycles. The Morgan fingerprint density at radius 3 is 2.67 bits per heavy atom. The van der Waals surface area contributed by atoms with Gasteiger partial charge in [-0.1, -0.05) is 25.0 Å². The van der Waals surface area contributed by atoms with Crippen LogP contribution in [0.4, 0.5) is 10.1 Å². The van der Waals surface area contributed by atoms with E-state index in [0.717, 1.165) is 23.7 Å². The van der Waals surface area contributed by atoms with E-state index in [1.165, 1.54) is 38.5 Å². The van der Waals surface area contributed by atoms with E-state index in [2.05, 4.69) is 23.2 Å². The fourth-order valence-electron chi connectivity index (χ4n) is 4.24. The molecule has 3 heteroatoms. The summed E-state index contributed by atoms with van der Waals surface area (Å²) in [6.07, 6.45) is 7.78. The SMILES string of the molecule is CNC(C)c1cccc(F)c1N1CCCC1C1CCCC1. The number of nitrogens with one attached hydrogen (secondary N) is 1. The van der Waals surface area contributed by atoms with Gasteiger partial charge in [0.05, 0.1) is 5.69 Å². The van der Waals surface area contributed by atoms with E-state index >= 15 is 0 Å². The molecule has 2 aliphatic rings. The summed E-state index contributed by atoms with van der Waals surface area (Å²) in [6.45, 7) is 3.12. The monoisotopic (exact) mass is 290 g/mol. The van der Waals surface area contributed by atoms with Crippen molar-refractivity contribution in [1.29, 1.82) is 0 Å². The number of para-hydroxylation sites is 1. The summed E-state index contributed by atoms with van der Waals surface area (Å²) >= 11 is 0. The minimum Gasteiger partial charge on any atom is -0.366 e. The van der Waals surface area contributed by atoms with E-state index in [0.29, 0.717) is 6.04 Å². The Balaban J connectivity index is 1.94. The molecule has 1 heterocycles. The first-order valence-electron chi connectivity index (χ1n) is 8.44. The van der Waals surface area contributed by atoms with Crippen molar-refractivity contribution in [3.05, 3.63) is 29.6 Å². The van der Waals surface area contributed by atoms with E-state index in [-0.39, 0.29) is 11.9 Å². The Morgan fingerprint density at radius 1 is 1.19 bits per heavy atom. The molecule has 3 rings (SSSR count). The first-order chi connectivity index (χ1) is 10.2. The lowest BCUT2D eigenvalue weighted by molar-refractivity contribution is 0.426. The van der Waals surface area contributed by atoms with Gasteiger partial charge >= 0.3 is 0 Å². The van der Waals surface area contributed by atoms with Crippen molar-refractivity contribution in [3.8, 4) is 0 Å². The van der Waals surface area contributed by atoms with Gasteiger partial charge in [0.25, 0.3) is 0 Å². The van der Waals surface area contributed by atoms with Crippen LogP contribution in [0.2, 0.25) is 0 Å². The summed E-state index contributed by atoms with van der Waals surface area (Å²) in [4.78, 5) is 2.38. The maximum atomic E-state index is 14.6. The molecule has 0 spiro atoms. The minimum atomic E-state index is -0.0560. The first kappa shape index (κ1) is 14.8. The van der Waals surface area contributed by atoms with Crippen molar-refractivity contribution < 1.29 is 4.39 Å². The molecular weight excluding hydrogens is 263 g/mol. The molecule has 1 aliphatic heterocycles. The highest BCUT2D eigenvalue weighted by atomic mass is 19.1. The maximum absolute atomic E-state index is 14.6. The van der Waals surface area contributed by atoms with Gasteiger partial charge in [0.2, 0.25) is 0 Å². The largest absolute Gasteiger partial charge is 0.366 e. The lowest BCUT2D eigenvalue weighted by atomic mass is 9.94. The predicted molar refractivity (Wildman–Crippen MR) is 86.2 cm³/mol. The summed E-state index contributed by atoms with van der Waals surface area (Å²) in [7, 11) is 1.94. The molecule has 0 aromatic heterocycles. The molecule has 1 aromatic carbocycles. The predicted octanol–water partition coefficient (Wildman–Crippen LogP) is 4.27. The zero-order valence-corrected chi connectivity index (χ0v) is 13.2. The van der Waals surface area contributed by atoms with Gasteiger partial charge in [-0.15, -0.1) is 0 Å². The standard InChI is InChI=1S/C18H27FN2/c1-13(20-2)15-9-5-10-16(19)18(15)21-12-6-11-17(21)14-7-3-4-8-14/h5,9-10,13-14,17,20H,3-4,6-8,11-12H2,1-2H3. The molecule has 116 valence electrons. The van der Waals surface area contributed by atoms with Gasteiger partial charge in [0.1, 0.15) is 5.82 Å². The highest BCUT2D eigenvalue weighted by molar-refractivity contribution is 5.57. The third-order valence-electron chi connectivity index (χ3n) is 5.45. The summed E-state index contributed by atoms with van der Waals surface area (Å²) in [5.41, 5.74) is 1.95. The molecule has 21 heavy (non-hydrogen) atoms. The van der Waals surface area contributed by atoms with E-state index in [9.17, 15) is 4.39 Å². The molecule has 1 aliphatic carbocycles. The van der Waals surface area contributed by atoms with Crippen LogP contribution in [-0.4, -0.2) is 19.6 Å². The van der Waals surface area contributed by atoms with Gasteiger partial charge in [-0.25, -0.2) is 4.39 Å². The number of halogens is 1. The summed E-state index contributed by atoms with van der Waals surface area (Å²) < 4.78 is 14.6. The van der Waals surface area contributed by atoms with Gasteiger partial charge in [0.15, 0.2) is 0 Å². The normalized spacial score (nSPS) is 24.7. The van der Waals surface area contributed by atoms with Crippen molar-refractivity contribution >= 4 is 5.69 Å². The third-order valence-corrected chi connectivity index (χ3v) is 5.45. The average molecular weight is 290 g/mol. The van der Waals surface area contributed by atoms with Gasteiger partial charge in [-0.2, -0.15) is 0 Å². The van der Waals surface area contributed by atoms with Crippen LogP contribution in [0.1, 0.15) is 57.1 Å². The highest BCUT2D eigenvalue weighted by Gasteiger charge is 2.35. The van der Waals surface area contributed by atoms with Crippen LogP contribution in [0.15, 0.2) is 18.2 Å². The van der Waals surface area contributed by atoms with Gasteiger partial charge in [-0.3, -0.25) is 0 Å². The Hall–Kier alpha value is -1.09. The van der Waals surface area contributed by atoms with Crippen molar-refractivity contribution in [3.63, 3.8) is 0 Å². The fourth-order valence-corrected chi connectivity index (χ4v) is 4.24. The van der Waals surface area contributed by atoms with Crippen molar-refractivity contribution in [1.82, 2.24) is 5.32 Å². The van der Waals surface area contributed by atoms with Gasteiger partial charge in [-0.05, 0) is 57.2 Å². The summed E-state index contributed by atoms with van der Waals surface area (Å²) in [5.74, 6) is 0.712. The van der Waals surface area contributed by atoms with Crippen LogP contribution in [0, 0.1) is 11.7 Å². The van der Waals surface area contributed by atoms with Gasteiger partial charge < -0.3 is 10.2 Å². The zero-order chi connectivity index (χ0) is 14.8. The van der Waals surface area contributed by atoms with E-state index in [1.807, 2.05) is 13.1 Å². The molecule has 0 amide bonds. The number of nitrogens with zero attached hydrogens (tertiary/aromatic N) is 1. The number of rotatable bonds is 4. The lowest BCUT2D eigenvalue weighted by Crippen LogP contribution is -2.36. The van der Waals surface area contributed by atoms with E-state index in [1.54, 1.807) is 6.07 Å². The second kappa shape index (κ2) is 6.35. The number of hydrogen-bond donors (Lipinski definition) is 1. The highest BCUT2D eigenvalue weighted by Crippen LogP contribution is 2.40. The second-order valence-electron chi connectivity index (χ2n) is 6.64. The number of benzene rings is 1. The van der Waals surface area contributed by atoms with Crippen LogP contribution >= 0.6 is 0 Å². The molecule has 1 saturated heterocycles. The molecule has 2 fully saturated rings. The summed E-state index contributed by atoms with van der Waals surface area (Å²) in [6, 6.07) is 6.25. The molecule has 2 atom stereocenters. The maximum Gasteiger partial charge on any atom is 0.146 e. The fraction of sp³-hybridized carbons (Fsp3) is 0.667. The van der Waals surface area contributed by atoms with Gasteiger partial charge in [0, 0.05) is 18.6 Å².